The molecule has 13 heavy (non-hydrogen) atoms. The molecule has 0 aromatic rings. The molecule has 2 N–H and O–H groups in total. The molecular formula is C9H20N2O2. The highest BCUT2D eigenvalue weighted by molar-refractivity contribution is 5.74. The molecule has 0 unspecified atom stereocenters. The molecule has 0 radical (unpaired) electrons. The van der Waals surface area contributed by atoms with Crippen LogP contribution in [-0.4, -0.2) is 31.7 Å². The fraction of sp³-hybridized carbons (Fsp3) is 0.889. The van der Waals surface area contributed by atoms with Gasteiger partial charge in [0, 0.05) is 13.5 Å². The van der Waals surface area contributed by atoms with Gasteiger partial charge in [0.05, 0.1) is 7.11 Å². The van der Waals surface area contributed by atoms with Crippen LogP contribution in [0.3, 0.4) is 0 Å². The first-order valence-electron chi connectivity index (χ1n) is 4.73. The second kappa shape index (κ2) is 8.01. The highest BCUT2D eigenvalue weighted by Gasteiger charge is 2.05. The number of nitrogens with two attached hydrogens (primary N) is 1. The van der Waals surface area contributed by atoms with Crippen LogP contribution < -0.4 is 5.73 Å². The lowest BCUT2D eigenvalue weighted by atomic mass is 10.1. The van der Waals surface area contributed by atoms with Crippen molar-refractivity contribution in [3.8, 4) is 0 Å². The Balaban J connectivity index is 3.27. The molecular weight excluding hydrogens is 168 g/mol. The normalized spacial score (nSPS) is 10.1. The van der Waals surface area contributed by atoms with Crippen LogP contribution in [0.15, 0.2) is 0 Å². The van der Waals surface area contributed by atoms with E-state index in [4.69, 9.17) is 10.6 Å². The van der Waals surface area contributed by atoms with Gasteiger partial charge in [0.1, 0.15) is 0 Å². The van der Waals surface area contributed by atoms with E-state index in [0.29, 0.717) is 6.42 Å². The van der Waals surface area contributed by atoms with Crippen molar-refractivity contribution in [2.45, 2.75) is 32.1 Å². The fourth-order valence-electron chi connectivity index (χ4n) is 1.03. The second-order valence-corrected chi connectivity index (χ2v) is 3.03. The third-order valence-corrected chi connectivity index (χ3v) is 1.97. The summed E-state index contributed by atoms with van der Waals surface area (Å²) in [4.78, 5) is 15.9. The van der Waals surface area contributed by atoms with Gasteiger partial charge in [0.2, 0.25) is 5.91 Å². The van der Waals surface area contributed by atoms with E-state index in [0.717, 1.165) is 32.2 Å². The number of hydroxylamine groups is 2. The predicted molar refractivity (Wildman–Crippen MR) is 51.9 cm³/mol. The van der Waals surface area contributed by atoms with Crippen LogP contribution in [0.4, 0.5) is 0 Å². The topological polar surface area (TPSA) is 55.6 Å². The predicted octanol–water partition coefficient (Wildman–Crippen LogP) is 0.915. The number of amides is 1. The van der Waals surface area contributed by atoms with Crippen LogP contribution >= 0.6 is 0 Å². The average Bonchev–Trinajstić information content (AvgIpc) is 2.16. The van der Waals surface area contributed by atoms with E-state index in [2.05, 4.69) is 0 Å². The number of carbonyl (C=O) groups excluding carboxylic acids is 1. The summed E-state index contributed by atoms with van der Waals surface area (Å²) in [6.07, 6.45) is 4.72. The van der Waals surface area contributed by atoms with Crippen LogP contribution in [0, 0.1) is 0 Å². The Morgan fingerprint density at radius 1 is 1.31 bits per heavy atom. The van der Waals surface area contributed by atoms with Gasteiger partial charge in [0.15, 0.2) is 0 Å². The molecule has 1 amide bonds. The summed E-state index contributed by atoms with van der Waals surface area (Å²) >= 11 is 0. The molecule has 78 valence electrons. The smallest absolute Gasteiger partial charge is 0.245 e. The third kappa shape index (κ3) is 6.54. The van der Waals surface area contributed by atoms with Gasteiger partial charge in [0.25, 0.3) is 0 Å². The van der Waals surface area contributed by atoms with E-state index in [9.17, 15) is 4.79 Å². The maximum atomic E-state index is 11.2. The monoisotopic (exact) mass is 188 g/mol. The van der Waals surface area contributed by atoms with Crippen molar-refractivity contribution in [3.05, 3.63) is 0 Å². The molecule has 4 nitrogen and oxygen atoms in total. The molecule has 0 rings (SSSR count). The van der Waals surface area contributed by atoms with E-state index in [-0.39, 0.29) is 5.91 Å². The fourth-order valence-corrected chi connectivity index (χ4v) is 1.03. The lowest BCUT2D eigenvalue weighted by Gasteiger charge is -2.12. The van der Waals surface area contributed by atoms with Gasteiger partial charge >= 0.3 is 0 Å². The Kier molecular flexibility index (Phi) is 7.63. The van der Waals surface area contributed by atoms with Crippen molar-refractivity contribution in [2.75, 3.05) is 20.7 Å². The van der Waals surface area contributed by atoms with Crippen LogP contribution in [0.5, 0.6) is 0 Å². The molecule has 0 spiro atoms. The zero-order chi connectivity index (χ0) is 10.1. The number of carbonyl (C=O) groups is 1. The molecule has 0 bridgehead atoms. The lowest BCUT2D eigenvalue weighted by molar-refractivity contribution is -0.168. The van der Waals surface area contributed by atoms with Crippen LogP contribution in [0.1, 0.15) is 32.1 Å². The zero-order valence-corrected chi connectivity index (χ0v) is 8.58. The van der Waals surface area contributed by atoms with E-state index in [1.807, 2.05) is 0 Å². The Labute approximate surface area is 80.0 Å². The van der Waals surface area contributed by atoms with Crippen LogP contribution in [0.25, 0.3) is 0 Å². The number of rotatable bonds is 7. The van der Waals surface area contributed by atoms with Crippen molar-refractivity contribution >= 4 is 5.91 Å². The average molecular weight is 188 g/mol. The van der Waals surface area contributed by atoms with Crippen LogP contribution in [0.2, 0.25) is 0 Å². The van der Waals surface area contributed by atoms with Gasteiger partial charge in [-0.05, 0) is 19.4 Å². The maximum absolute atomic E-state index is 11.2. The van der Waals surface area contributed by atoms with E-state index in [1.165, 1.54) is 12.2 Å². The molecule has 0 fully saturated rings. The van der Waals surface area contributed by atoms with Gasteiger partial charge in [-0.1, -0.05) is 12.8 Å². The van der Waals surface area contributed by atoms with Gasteiger partial charge < -0.3 is 5.73 Å². The van der Waals surface area contributed by atoms with E-state index < -0.39 is 0 Å². The molecule has 0 saturated carbocycles. The molecule has 0 aromatic heterocycles. The minimum atomic E-state index is 0.0373. The molecule has 0 aliphatic carbocycles. The molecule has 0 saturated heterocycles. The first-order valence-corrected chi connectivity index (χ1v) is 4.73. The van der Waals surface area contributed by atoms with Crippen molar-refractivity contribution in [2.24, 2.45) is 5.73 Å². The third-order valence-electron chi connectivity index (χ3n) is 1.97. The number of nitrogens with zero attached hydrogens (tertiary/aromatic N) is 1. The second-order valence-electron chi connectivity index (χ2n) is 3.03. The molecule has 0 aliphatic rings. The summed E-state index contributed by atoms with van der Waals surface area (Å²) in [7, 11) is 3.12. The summed E-state index contributed by atoms with van der Waals surface area (Å²) in [6, 6.07) is 0. The summed E-state index contributed by atoms with van der Waals surface area (Å²) in [6.45, 7) is 0.742. The van der Waals surface area contributed by atoms with Crippen molar-refractivity contribution in [1.29, 1.82) is 0 Å². The molecule has 0 atom stereocenters. The maximum Gasteiger partial charge on any atom is 0.245 e. The molecule has 0 aliphatic heterocycles. The Hall–Kier alpha value is -0.610. The van der Waals surface area contributed by atoms with Gasteiger partial charge in [-0.3, -0.25) is 9.63 Å². The number of hydrogen-bond donors (Lipinski definition) is 1. The first-order chi connectivity index (χ1) is 6.22. The minimum Gasteiger partial charge on any atom is -0.330 e. The Morgan fingerprint density at radius 3 is 2.46 bits per heavy atom. The number of unbranched alkanes of at least 4 members (excludes halogenated alkanes) is 3. The minimum absolute atomic E-state index is 0.0373. The lowest BCUT2D eigenvalue weighted by Crippen LogP contribution is -2.24. The van der Waals surface area contributed by atoms with E-state index >= 15 is 0 Å². The molecule has 0 heterocycles. The number of hydrogen-bond acceptors (Lipinski definition) is 3. The quantitative estimate of drug-likeness (QED) is 0.477. The zero-order valence-electron chi connectivity index (χ0n) is 8.58. The Bertz CT molecular complexity index is 140. The SMILES string of the molecule is CON(C)C(=O)CCCCCCN. The highest BCUT2D eigenvalue weighted by Crippen LogP contribution is 2.03. The van der Waals surface area contributed by atoms with Crippen molar-refractivity contribution in [3.63, 3.8) is 0 Å². The Morgan fingerprint density at radius 2 is 1.92 bits per heavy atom. The van der Waals surface area contributed by atoms with E-state index in [1.54, 1.807) is 7.05 Å². The highest BCUT2D eigenvalue weighted by atomic mass is 16.7. The standard InChI is InChI=1S/C9H20N2O2/c1-11(13-2)9(12)7-5-3-4-6-8-10/h3-8,10H2,1-2H3. The van der Waals surface area contributed by atoms with Gasteiger partial charge in [-0.2, -0.15) is 0 Å². The summed E-state index contributed by atoms with van der Waals surface area (Å²) < 4.78 is 0. The van der Waals surface area contributed by atoms with Crippen LogP contribution in [-0.2, 0) is 9.63 Å². The van der Waals surface area contributed by atoms with Gasteiger partial charge in [-0.25, -0.2) is 5.06 Å². The molecule has 0 aromatic carbocycles. The van der Waals surface area contributed by atoms with Gasteiger partial charge in [-0.15, -0.1) is 0 Å². The largest absolute Gasteiger partial charge is 0.330 e. The molecule has 4 heteroatoms. The van der Waals surface area contributed by atoms with Crippen molar-refractivity contribution in [1.82, 2.24) is 5.06 Å². The van der Waals surface area contributed by atoms with Crippen molar-refractivity contribution < 1.29 is 9.63 Å². The first kappa shape index (κ1) is 12.4. The summed E-state index contributed by atoms with van der Waals surface area (Å²) in [5.74, 6) is 0.0373. The summed E-state index contributed by atoms with van der Waals surface area (Å²) in [5, 5.41) is 1.27. The summed E-state index contributed by atoms with van der Waals surface area (Å²) in [5.41, 5.74) is 5.35.